The largest absolute Gasteiger partial charge is 0.444 e. The summed E-state index contributed by atoms with van der Waals surface area (Å²) in [4.78, 5) is 40.1. The van der Waals surface area contributed by atoms with E-state index in [1.165, 1.54) is 11.8 Å². The van der Waals surface area contributed by atoms with Gasteiger partial charge in [-0.05, 0) is 51.2 Å². The Morgan fingerprint density at radius 2 is 1.85 bits per heavy atom. The summed E-state index contributed by atoms with van der Waals surface area (Å²) in [5.74, 6) is -0.274. The number of hydrogen-bond donors (Lipinski definition) is 2. The Bertz CT molecular complexity index is 802. The van der Waals surface area contributed by atoms with Gasteiger partial charge in [0.15, 0.2) is 0 Å². The number of ether oxygens (including phenoxy) is 1. The minimum Gasteiger partial charge on any atom is -0.444 e. The van der Waals surface area contributed by atoms with Crippen molar-refractivity contribution in [3.8, 4) is 12.5 Å². The second kappa shape index (κ2) is 14.5. The molecule has 7 nitrogen and oxygen atoms in total. The molecule has 0 fully saturated rings. The lowest BCUT2D eigenvalue weighted by molar-refractivity contribution is -0.138. The molecule has 0 aliphatic carbocycles. The summed E-state index contributed by atoms with van der Waals surface area (Å²) in [7, 11) is 0. The van der Waals surface area contributed by atoms with Crippen LogP contribution >= 0.6 is 11.8 Å². The molecular formula is C25H37N3O4S. The molecule has 0 saturated heterocycles. The highest BCUT2D eigenvalue weighted by Gasteiger charge is 2.35. The number of benzene rings is 1. The van der Waals surface area contributed by atoms with Crippen molar-refractivity contribution < 1.29 is 19.1 Å². The molecule has 1 rings (SSSR count). The number of hydrogen-bond acceptors (Lipinski definition) is 5. The van der Waals surface area contributed by atoms with Crippen molar-refractivity contribution in [2.75, 3.05) is 18.6 Å². The maximum Gasteiger partial charge on any atom is 0.408 e. The first-order valence-electron chi connectivity index (χ1n) is 11.2. The van der Waals surface area contributed by atoms with Gasteiger partial charge in [0.25, 0.3) is 5.91 Å². The summed E-state index contributed by atoms with van der Waals surface area (Å²) in [6.07, 6.45) is 10.1. The Morgan fingerprint density at radius 1 is 1.18 bits per heavy atom. The number of thioether (sulfide) groups is 1. The minimum absolute atomic E-state index is 0.344. The van der Waals surface area contributed by atoms with Crippen molar-refractivity contribution in [1.29, 1.82) is 0 Å². The predicted molar refractivity (Wildman–Crippen MR) is 134 cm³/mol. The lowest BCUT2D eigenvalue weighted by Crippen LogP contribution is -2.51. The number of nitrogens with one attached hydrogen (secondary N) is 2. The minimum atomic E-state index is -1.01. The van der Waals surface area contributed by atoms with Crippen LogP contribution in [0.25, 0.3) is 0 Å². The zero-order valence-electron chi connectivity index (χ0n) is 20.3. The summed E-state index contributed by atoms with van der Waals surface area (Å²) in [6, 6.07) is 9.36. The van der Waals surface area contributed by atoms with E-state index in [9.17, 15) is 14.4 Å². The molecule has 0 heterocycles. The van der Waals surface area contributed by atoms with E-state index in [1.807, 2.05) is 12.3 Å². The van der Waals surface area contributed by atoms with Gasteiger partial charge in [0.05, 0.1) is 0 Å². The van der Waals surface area contributed by atoms with Crippen molar-refractivity contribution >= 4 is 29.7 Å². The molecule has 2 unspecified atom stereocenters. The van der Waals surface area contributed by atoms with Gasteiger partial charge in [-0.15, -0.1) is 0 Å². The van der Waals surface area contributed by atoms with Crippen LogP contribution < -0.4 is 10.6 Å². The van der Waals surface area contributed by atoms with Crippen molar-refractivity contribution in [3.05, 3.63) is 35.9 Å². The van der Waals surface area contributed by atoms with E-state index >= 15 is 0 Å². The van der Waals surface area contributed by atoms with Crippen LogP contribution in [0.3, 0.4) is 0 Å². The standard InChI is InChI=1S/C25H37N3O4S/c1-7-9-13-17-26-22(29)21(19-14-11-10-12-15-19)28(8-2)23(30)20(16-18-33-6)27-24(31)32-25(3,4)5/h2,10-12,14-15,20-21H,7,9,13,16-18H2,1,3-6H3,(H,26,29)(H,27,31). The summed E-state index contributed by atoms with van der Waals surface area (Å²) in [5.41, 5.74) is -0.119. The number of amides is 3. The highest BCUT2D eigenvalue weighted by molar-refractivity contribution is 7.98. The molecule has 33 heavy (non-hydrogen) atoms. The first kappa shape index (κ1) is 28.4. The number of alkyl carbamates (subject to hydrolysis) is 1. The first-order valence-corrected chi connectivity index (χ1v) is 12.6. The van der Waals surface area contributed by atoms with Gasteiger partial charge in [0, 0.05) is 12.6 Å². The van der Waals surface area contributed by atoms with Gasteiger partial charge in [-0.2, -0.15) is 11.8 Å². The first-order chi connectivity index (χ1) is 15.6. The van der Waals surface area contributed by atoms with Crippen LogP contribution in [0.5, 0.6) is 0 Å². The zero-order valence-corrected chi connectivity index (χ0v) is 21.2. The molecule has 1 aromatic rings. The maximum absolute atomic E-state index is 13.5. The third-order valence-corrected chi connectivity index (χ3v) is 5.32. The molecule has 0 spiro atoms. The lowest BCUT2D eigenvalue weighted by atomic mass is 10.0. The third kappa shape index (κ3) is 10.2. The molecule has 0 aliphatic rings. The van der Waals surface area contributed by atoms with Gasteiger partial charge in [-0.3, -0.25) is 14.5 Å². The van der Waals surface area contributed by atoms with Crippen molar-refractivity contribution in [2.24, 2.45) is 0 Å². The lowest BCUT2D eigenvalue weighted by Gasteiger charge is -2.30. The number of carbonyl (C=O) groups is 3. The van der Waals surface area contributed by atoms with E-state index < -0.39 is 29.7 Å². The average Bonchev–Trinajstić information content (AvgIpc) is 2.76. The smallest absolute Gasteiger partial charge is 0.408 e. The van der Waals surface area contributed by atoms with Crippen molar-refractivity contribution in [2.45, 2.75) is 71.1 Å². The molecule has 2 atom stereocenters. The number of terminal acetylenes is 1. The number of carbonyl (C=O) groups excluding carboxylic acids is 3. The third-order valence-electron chi connectivity index (χ3n) is 4.68. The molecule has 0 radical (unpaired) electrons. The molecular weight excluding hydrogens is 438 g/mol. The summed E-state index contributed by atoms with van der Waals surface area (Å²) >= 11 is 1.54. The predicted octanol–water partition coefficient (Wildman–Crippen LogP) is 4.10. The topological polar surface area (TPSA) is 87.7 Å². The Hall–Kier alpha value is -2.66. The Labute approximate surface area is 202 Å². The molecule has 0 aliphatic heterocycles. The van der Waals surface area contributed by atoms with Crippen LogP contribution in [0.1, 0.15) is 65.0 Å². The Kier molecular flexibility index (Phi) is 12.5. The van der Waals surface area contributed by atoms with Crippen LogP contribution in [0.15, 0.2) is 30.3 Å². The van der Waals surface area contributed by atoms with Gasteiger partial charge < -0.3 is 15.4 Å². The highest BCUT2D eigenvalue weighted by atomic mass is 32.2. The maximum atomic E-state index is 13.5. The number of unbranched alkanes of at least 4 members (excludes halogenated alkanes) is 2. The monoisotopic (exact) mass is 475 g/mol. The van der Waals surface area contributed by atoms with Crippen LogP contribution in [-0.4, -0.2) is 53.0 Å². The summed E-state index contributed by atoms with van der Waals surface area (Å²) < 4.78 is 5.32. The van der Waals surface area contributed by atoms with Crippen LogP contribution in [0.2, 0.25) is 0 Å². The highest BCUT2D eigenvalue weighted by Crippen LogP contribution is 2.22. The molecule has 1 aromatic carbocycles. The second-order valence-electron chi connectivity index (χ2n) is 8.63. The average molecular weight is 476 g/mol. The fourth-order valence-corrected chi connectivity index (χ4v) is 3.58. The quantitative estimate of drug-likeness (QED) is 0.270. The van der Waals surface area contributed by atoms with E-state index in [2.05, 4.69) is 23.6 Å². The van der Waals surface area contributed by atoms with Crippen molar-refractivity contribution in [1.82, 2.24) is 15.5 Å². The van der Waals surface area contributed by atoms with Gasteiger partial charge in [-0.25, -0.2) is 4.79 Å². The summed E-state index contributed by atoms with van der Waals surface area (Å²) in [6.45, 7) is 7.81. The van der Waals surface area contributed by atoms with Gasteiger partial charge in [0.1, 0.15) is 17.7 Å². The Morgan fingerprint density at radius 3 is 2.39 bits per heavy atom. The van der Waals surface area contributed by atoms with E-state index in [-0.39, 0.29) is 5.91 Å². The van der Waals surface area contributed by atoms with Gasteiger partial charge in [-0.1, -0.05) is 56.5 Å². The Balaban J connectivity index is 3.18. The number of rotatable bonds is 12. The van der Waals surface area contributed by atoms with E-state index in [0.29, 0.717) is 24.3 Å². The molecule has 0 aromatic heterocycles. The SMILES string of the molecule is C#CN(C(=O)C(CCSC)NC(=O)OC(C)(C)C)C(C(=O)NCCCCC)c1ccccc1. The molecule has 3 amide bonds. The summed E-state index contributed by atoms with van der Waals surface area (Å²) in [5, 5.41) is 5.53. The molecule has 2 N–H and O–H groups in total. The number of nitrogens with zero attached hydrogens (tertiary/aromatic N) is 1. The van der Waals surface area contributed by atoms with Crippen LogP contribution in [0, 0.1) is 12.5 Å². The van der Waals surface area contributed by atoms with E-state index in [1.54, 1.807) is 45.0 Å². The van der Waals surface area contributed by atoms with Crippen LogP contribution in [-0.2, 0) is 14.3 Å². The van der Waals surface area contributed by atoms with Gasteiger partial charge in [0.2, 0.25) is 5.91 Å². The molecule has 0 bridgehead atoms. The van der Waals surface area contributed by atoms with Crippen LogP contribution in [0.4, 0.5) is 4.79 Å². The molecule has 0 saturated carbocycles. The van der Waals surface area contributed by atoms with E-state index in [4.69, 9.17) is 11.2 Å². The molecule has 8 heteroatoms. The van der Waals surface area contributed by atoms with Crippen molar-refractivity contribution in [3.63, 3.8) is 0 Å². The van der Waals surface area contributed by atoms with E-state index in [0.717, 1.165) is 24.2 Å². The zero-order chi connectivity index (χ0) is 24.9. The fourth-order valence-electron chi connectivity index (χ4n) is 3.11. The molecule has 182 valence electrons. The normalized spacial score (nSPS) is 12.7. The van der Waals surface area contributed by atoms with Gasteiger partial charge >= 0.3 is 6.09 Å². The fraction of sp³-hybridized carbons (Fsp3) is 0.560. The second-order valence-corrected chi connectivity index (χ2v) is 9.61.